The Morgan fingerprint density at radius 2 is 2.22 bits per heavy atom. The van der Waals surface area contributed by atoms with Gasteiger partial charge in [0.15, 0.2) is 0 Å². The Bertz CT molecular complexity index is 1030. The zero-order valence-electron chi connectivity index (χ0n) is 15.0. The van der Waals surface area contributed by atoms with Gasteiger partial charge >= 0.3 is 0 Å². The summed E-state index contributed by atoms with van der Waals surface area (Å²) >= 11 is 6.10. The van der Waals surface area contributed by atoms with Crippen LogP contribution in [0.15, 0.2) is 35.5 Å². The first kappa shape index (κ1) is 17.5. The fourth-order valence-corrected chi connectivity index (χ4v) is 3.44. The van der Waals surface area contributed by atoms with Crippen molar-refractivity contribution in [2.24, 2.45) is 7.05 Å². The summed E-state index contributed by atoms with van der Waals surface area (Å²) in [5, 5.41) is 10.6. The number of ether oxygens (including phenoxy) is 1. The Morgan fingerprint density at radius 3 is 3.00 bits per heavy atom. The minimum absolute atomic E-state index is 0.0434. The van der Waals surface area contributed by atoms with Crippen molar-refractivity contribution >= 4 is 17.3 Å². The van der Waals surface area contributed by atoms with Gasteiger partial charge in [0.05, 0.1) is 24.6 Å². The predicted molar refractivity (Wildman–Crippen MR) is 102 cm³/mol. The summed E-state index contributed by atoms with van der Waals surface area (Å²) in [6, 6.07) is 3.87. The molecule has 0 amide bonds. The van der Waals surface area contributed by atoms with Crippen LogP contribution in [0.25, 0.3) is 11.1 Å². The topological polar surface area (TPSA) is 88.9 Å². The molecule has 3 aromatic rings. The third-order valence-electron chi connectivity index (χ3n) is 4.83. The quantitative estimate of drug-likeness (QED) is 0.739. The molecule has 1 fully saturated rings. The number of aryl methyl sites for hydroxylation is 1. The first-order valence-corrected chi connectivity index (χ1v) is 9.00. The van der Waals surface area contributed by atoms with E-state index in [1.807, 2.05) is 41.9 Å². The Labute approximate surface area is 160 Å². The molecule has 4 rings (SSSR count). The minimum atomic E-state index is -0.389. The lowest BCUT2D eigenvalue weighted by Gasteiger charge is -2.19. The van der Waals surface area contributed by atoms with Crippen molar-refractivity contribution in [3.63, 3.8) is 0 Å². The van der Waals surface area contributed by atoms with Crippen molar-refractivity contribution < 1.29 is 4.74 Å². The van der Waals surface area contributed by atoms with Gasteiger partial charge < -0.3 is 9.64 Å². The zero-order chi connectivity index (χ0) is 19.0. The normalized spacial score (nSPS) is 16.7. The Balaban J connectivity index is 1.49. The number of hydrogen-bond acceptors (Lipinski definition) is 6. The van der Waals surface area contributed by atoms with Gasteiger partial charge in [-0.3, -0.25) is 9.48 Å². The number of H-pyrrole nitrogens is 1. The van der Waals surface area contributed by atoms with E-state index in [-0.39, 0.29) is 16.7 Å². The highest BCUT2D eigenvalue weighted by Crippen LogP contribution is 2.28. The smallest absolute Gasteiger partial charge is 0.285 e. The maximum Gasteiger partial charge on any atom is 0.285 e. The SMILES string of the molecule is Cc1c(-c2ccnc(O[C@@H]3CCN(c4cn[nH]c(=O)c4Cl)C3)c2)cnn1C. The highest BCUT2D eigenvalue weighted by Gasteiger charge is 2.27. The third kappa shape index (κ3) is 3.40. The maximum absolute atomic E-state index is 11.6. The lowest BCUT2D eigenvalue weighted by molar-refractivity contribution is 0.216. The first-order valence-electron chi connectivity index (χ1n) is 8.62. The maximum atomic E-state index is 11.6. The van der Waals surface area contributed by atoms with E-state index in [0.29, 0.717) is 18.1 Å². The molecule has 27 heavy (non-hydrogen) atoms. The molecular weight excluding hydrogens is 368 g/mol. The second-order valence-electron chi connectivity index (χ2n) is 6.52. The molecule has 0 spiro atoms. The van der Waals surface area contributed by atoms with Crippen LogP contribution < -0.4 is 15.2 Å². The van der Waals surface area contributed by atoms with Crippen LogP contribution in [0.5, 0.6) is 5.88 Å². The molecule has 0 radical (unpaired) electrons. The van der Waals surface area contributed by atoms with Crippen LogP contribution >= 0.6 is 11.6 Å². The monoisotopic (exact) mass is 386 g/mol. The number of hydrogen-bond donors (Lipinski definition) is 1. The Kier molecular flexibility index (Phi) is 4.57. The molecule has 1 aliphatic heterocycles. The average Bonchev–Trinajstić information content (AvgIpc) is 3.25. The number of anilines is 1. The van der Waals surface area contributed by atoms with Gasteiger partial charge in [0.1, 0.15) is 11.1 Å². The number of pyridine rings is 1. The van der Waals surface area contributed by atoms with Crippen LogP contribution in [-0.4, -0.2) is 44.2 Å². The van der Waals surface area contributed by atoms with E-state index in [0.717, 1.165) is 29.8 Å². The third-order valence-corrected chi connectivity index (χ3v) is 5.20. The molecule has 0 bridgehead atoms. The number of halogens is 1. The van der Waals surface area contributed by atoms with Crippen molar-refractivity contribution in [1.82, 2.24) is 25.0 Å². The van der Waals surface area contributed by atoms with Crippen LogP contribution in [0.4, 0.5) is 5.69 Å². The molecule has 140 valence electrons. The molecule has 4 heterocycles. The molecule has 9 heteroatoms. The standard InChI is InChI=1S/C18H19ClN6O2/c1-11-14(8-22-24(11)2)12-3-5-20-16(7-12)27-13-4-6-25(10-13)15-9-21-23-18(26)17(15)19/h3,5,7-9,13H,4,6,10H2,1-2H3,(H,23,26)/t13-/m1/s1. The minimum Gasteiger partial charge on any atom is -0.472 e. The molecule has 0 aromatic carbocycles. The lowest BCUT2D eigenvalue weighted by atomic mass is 10.1. The number of aromatic nitrogens is 5. The number of aromatic amines is 1. The summed E-state index contributed by atoms with van der Waals surface area (Å²) in [5.41, 5.74) is 3.39. The van der Waals surface area contributed by atoms with E-state index in [9.17, 15) is 4.79 Å². The molecule has 1 atom stereocenters. The highest BCUT2D eigenvalue weighted by molar-refractivity contribution is 6.33. The van der Waals surface area contributed by atoms with E-state index in [4.69, 9.17) is 16.3 Å². The van der Waals surface area contributed by atoms with Crippen LogP contribution in [0.3, 0.4) is 0 Å². The largest absolute Gasteiger partial charge is 0.472 e. The van der Waals surface area contributed by atoms with Crippen molar-refractivity contribution in [2.45, 2.75) is 19.4 Å². The van der Waals surface area contributed by atoms with Crippen LogP contribution in [0.1, 0.15) is 12.1 Å². The van der Waals surface area contributed by atoms with Gasteiger partial charge in [-0.1, -0.05) is 11.6 Å². The van der Waals surface area contributed by atoms with Gasteiger partial charge in [-0.25, -0.2) is 10.1 Å². The van der Waals surface area contributed by atoms with Crippen molar-refractivity contribution in [3.05, 3.63) is 51.8 Å². The summed E-state index contributed by atoms with van der Waals surface area (Å²) in [4.78, 5) is 18.0. The molecule has 0 unspecified atom stereocenters. The number of nitrogens with zero attached hydrogens (tertiary/aromatic N) is 5. The zero-order valence-corrected chi connectivity index (χ0v) is 15.8. The fraction of sp³-hybridized carbons (Fsp3) is 0.333. The van der Waals surface area contributed by atoms with Gasteiger partial charge in [0.25, 0.3) is 5.56 Å². The Hall–Kier alpha value is -2.87. The number of nitrogens with one attached hydrogen (secondary N) is 1. The second kappa shape index (κ2) is 7.03. The van der Waals surface area contributed by atoms with Crippen LogP contribution in [0, 0.1) is 6.92 Å². The molecule has 1 saturated heterocycles. The molecule has 1 N–H and O–H groups in total. The van der Waals surface area contributed by atoms with E-state index < -0.39 is 0 Å². The summed E-state index contributed by atoms with van der Waals surface area (Å²) in [5.74, 6) is 0.567. The molecule has 0 saturated carbocycles. The van der Waals surface area contributed by atoms with Crippen LogP contribution in [0.2, 0.25) is 5.02 Å². The fourth-order valence-electron chi connectivity index (χ4n) is 3.23. The predicted octanol–water partition coefficient (Wildman–Crippen LogP) is 2.18. The van der Waals surface area contributed by atoms with E-state index in [1.54, 1.807) is 12.4 Å². The van der Waals surface area contributed by atoms with Crippen molar-refractivity contribution in [1.29, 1.82) is 0 Å². The molecule has 0 aliphatic carbocycles. The van der Waals surface area contributed by atoms with Gasteiger partial charge in [-0.05, 0) is 18.6 Å². The van der Waals surface area contributed by atoms with Crippen LogP contribution in [-0.2, 0) is 7.05 Å². The van der Waals surface area contributed by atoms with E-state index in [1.165, 1.54) is 0 Å². The van der Waals surface area contributed by atoms with Gasteiger partial charge in [-0.15, -0.1) is 0 Å². The van der Waals surface area contributed by atoms with Crippen molar-refractivity contribution in [2.75, 3.05) is 18.0 Å². The second-order valence-corrected chi connectivity index (χ2v) is 6.90. The average molecular weight is 387 g/mol. The van der Waals surface area contributed by atoms with Crippen molar-refractivity contribution in [3.8, 4) is 17.0 Å². The van der Waals surface area contributed by atoms with Gasteiger partial charge in [-0.2, -0.15) is 10.2 Å². The molecule has 8 nitrogen and oxygen atoms in total. The summed E-state index contributed by atoms with van der Waals surface area (Å²) < 4.78 is 7.91. The van der Waals surface area contributed by atoms with Gasteiger partial charge in [0, 0.05) is 43.5 Å². The highest BCUT2D eigenvalue weighted by atomic mass is 35.5. The molecular formula is C18H19ClN6O2. The summed E-state index contributed by atoms with van der Waals surface area (Å²) in [7, 11) is 1.92. The molecule has 3 aromatic heterocycles. The number of rotatable bonds is 4. The first-order chi connectivity index (χ1) is 13.0. The molecule has 1 aliphatic rings. The van der Waals surface area contributed by atoms with Gasteiger partial charge in [0.2, 0.25) is 5.88 Å². The Morgan fingerprint density at radius 1 is 1.37 bits per heavy atom. The lowest BCUT2D eigenvalue weighted by Crippen LogP contribution is -2.26. The van der Waals surface area contributed by atoms with E-state index in [2.05, 4.69) is 20.3 Å². The summed E-state index contributed by atoms with van der Waals surface area (Å²) in [6.07, 6.45) is 5.91. The summed E-state index contributed by atoms with van der Waals surface area (Å²) in [6.45, 7) is 3.37. The van der Waals surface area contributed by atoms with E-state index >= 15 is 0 Å².